The molecular weight excluding hydrogens is 368 g/mol. The quantitative estimate of drug-likeness (QED) is 0.578. The molecule has 144 valence electrons. The van der Waals surface area contributed by atoms with Gasteiger partial charge in [-0.25, -0.2) is 0 Å². The summed E-state index contributed by atoms with van der Waals surface area (Å²) in [5, 5.41) is 20.9. The van der Waals surface area contributed by atoms with Crippen molar-refractivity contribution in [2.24, 2.45) is 0 Å². The molecule has 0 saturated heterocycles. The molecule has 0 saturated carbocycles. The van der Waals surface area contributed by atoms with Crippen molar-refractivity contribution in [2.75, 3.05) is 11.1 Å². The number of aromatic amines is 1. The summed E-state index contributed by atoms with van der Waals surface area (Å²) in [6.45, 7) is 2.14. The van der Waals surface area contributed by atoms with E-state index in [1.165, 1.54) is 5.56 Å². The van der Waals surface area contributed by atoms with E-state index in [1.807, 2.05) is 24.3 Å². The molecule has 0 radical (unpaired) electrons. The zero-order chi connectivity index (χ0) is 19.6. The largest absolute Gasteiger partial charge is 0.550 e. The lowest BCUT2D eigenvalue weighted by atomic mass is 10.1. The molecule has 0 unspecified atom stereocenters. The first kappa shape index (κ1) is 20.6. The van der Waals surface area contributed by atoms with Crippen LogP contribution in [0, 0.1) is 0 Å². The van der Waals surface area contributed by atoms with Crippen LogP contribution in [0.2, 0.25) is 0 Å². The lowest BCUT2D eigenvalue weighted by Gasteiger charge is -2.06. The number of aryl methyl sites for hydroxylation is 2. The number of H-pyrrole nitrogens is 1. The predicted molar refractivity (Wildman–Crippen MR) is 100 cm³/mol. The normalized spacial score (nSPS) is 10.6. The fourth-order valence-electron chi connectivity index (χ4n) is 2.26. The van der Waals surface area contributed by atoms with E-state index in [0.29, 0.717) is 5.69 Å². The van der Waals surface area contributed by atoms with Gasteiger partial charge in [-0.05, 0) is 37.0 Å². The number of amides is 1. The number of aliphatic carboxylic acids is 1. The van der Waals surface area contributed by atoms with Crippen molar-refractivity contribution in [1.29, 1.82) is 0 Å². The van der Waals surface area contributed by atoms with Crippen molar-refractivity contribution in [3.63, 3.8) is 0 Å². The number of unbranched alkanes of at least 4 members (excludes halogenated alkanes) is 1. The van der Waals surface area contributed by atoms with E-state index in [1.54, 1.807) is 0 Å². The number of carboxylic acids is 1. The highest BCUT2D eigenvalue weighted by molar-refractivity contribution is 7.99. The monoisotopic (exact) mass is 389 g/mol. The standard InChI is InChI=1S/C18H22N4O4S/c1-2-3-4-12-5-7-13(8-6-12)19-15(23)11-27-18-20-17(26)14(21-22-18)9-10-16(24)25/h5-8H,2-4,9-11H2,1H3,(H,19,23)(H,24,25)(H,20,22,26)/p-1. The van der Waals surface area contributed by atoms with E-state index in [0.717, 1.165) is 31.0 Å². The molecule has 8 nitrogen and oxygen atoms in total. The van der Waals surface area contributed by atoms with Crippen LogP contribution in [0.4, 0.5) is 5.69 Å². The average molecular weight is 389 g/mol. The number of carbonyl (C=O) groups excluding carboxylic acids is 2. The fraction of sp³-hybridized carbons (Fsp3) is 0.389. The van der Waals surface area contributed by atoms with E-state index in [4.69, 9.17) is 0 Å². The molecule has 0 bridgehead atoms. The number of carbonyl (C=O) groups is 2. The topological polar surface area (TPSA) is 128 Å². The highest BCUT2D eigenvalue weighted by Crippen LogP contribution is 2.14. The summed E-state index contributed by atoms with van der Waals surface area (Å²) in [6.07, 6.45) is 2.94. The van der Waals surface area contributed by atoms with Gasteiger partial charge in [-0.2, -0.15) is 0 Å². The third kappa shape index (κ3) is 7.22. The third-order valence-corrected chi connectivity index (χ3v) is 4.57. The van der Waals surface area contributed by atoms with Gasteiger partial charge in [-0.15, -0.1) is 10.2 Å². The molecule has 2 aromatic rings. The maximum Gasteiger partial charge on any atom is 0.273 e. The van der Waals surface area contributed by atoms with E-state index >= 15 is 0 Å². The van der Waals surface area contributed by atoms with Gasteiger partial charge in [0, 0.05) is 18.1 Å². The number of carboxylic acid groups (broad SMARTS) is 1. The zero-order valence-corrected chi connectivity index (χ0v) is 15.8. The van der Waals surface area contributed by atoms with Crippen molar-refractivity contribution < 1.29 is 14.7 Å². The van der Waals surface area contributed by atoms with Crippen molar-refractivity contribution in [3.05, 3.63) is 45.9 Å². The highest BCUT2D eigenvalue weighted by Gasteiger charge is 2.09. The second-order valence-electron chi connectivity index (χ2n) is 5.92. The van der Waals surface area contributed by atoms with Crippen molar-refractivity contribution >= 4 is 29.3 Å². The van der Waals surface area contributed by atoms with E-state index < -0.39 is 11.5 Å². The Labute approximate surface area is 160 Å². The minimum absolute atomic E-state index is 0.0242. The summed E-state index contributed by atoms with van der Waals surface area (Å²) in [6, 6.07) is 7.71. The van der Waals surface area contributed by atoms with Crippen molar-refractivity contribution in [1.82, 2.24) is 15.2 Å². The van der Waals surface area contributed by atoms with Gasteiger partial charge in [0.05, 0.1) is 5.75 Å². The van der Waals surface area contributed by atoms with Crippen LogP contribution in [0.3, 0.4) is 0 Å². The van der Waals surface area contributed by atoms with Crippen molar-refractivity contribution in [3.8, 4) is 0 Å². The average Bonchev–Trinajstić information content (AvgIpc) is 2.65. The van der Waals surface area contributed by atoms with Crippen LogP contribution >= 0.6 is 11.8 Å². The summed E-state index contributed by atoms with van der Waals surface area (Å²) < 4.78 is 0. The number of nitrogens with zero attached hydrogens (tertiary/aromatic N) is 2. The maximum atomic E-state index is 12.0. The molecule has 0 spiro atoms. The molecule has 0 aliphatic heterocycles. The Hall–Kier alpha value is -2.68. The van der Waals surface area contributed by atoms with Gasteiger partial charge in [0.1, 0.15) is 5.69 Å². The number of rotatable bonds is 10. The van der Waals surface area contributed by atoms with Gasteiger partial charge in [0.2, 0.25) is 5.91 Å². The SMILES string of the molecule is CCCCc1ccc(NC(=O)CSc2nnc(CCC(=O)[O-])c(=O)[nH]2)cc1. The highest BCUT2D eigenvalue weighted by atomic mass is 32.2. The third-order valence-electron chi connectivity index (χ3n) is 3.71. The van der Waals surface area contributed by atoms with Crippen molar-refractivity contribution in [2.45, 2.75) is 44.2 Å². The molecule has 2 rings (SSSR count). The molecular formula is C18H21N4O4S-. The maximum absolute atomic E-state index is 12.0. The minimum atomic E-state index is -1.26. The Morgan fingerprint density at radius 3 is 2.56 bits per heavy atom. The first-order valence-electron chi connectivity index (χ1n) is 8.65. The summed E-state index contributed by atoms with van der Waals surface area (Å²) in [4.78, 5) is 36.7. The zero-order valence-electron chi connectivity index (χ0n) is 15.0. The number of aromatic nitrogens is 3. The van der Waals surface area contributed by atoms with Gasteiger partial charge in [0.15, 0.2) is 5.16 Å². The van der Waals surface area contributed by atoms with Gasteiger partial charge in [0.25, 0.3) is 5.56 Å². The summed E-state index contributed by atoms with van der Waals surface area (Å²) in [5.41, 5.74) is 1.45. The molecule has 9 heteroatoms. The number of thioether (sulfide) groups is 1. The molecule has 0 aliphatic rings. The fourth-order valence-corrected chi connectivity index (χ4v) is 2.86. The molecule has 2 N–H and O–H groups in total. The molecule has 1 aromatic heterocycles. The first-order valence-corrected chi connectivity index (χ1v) is 9.63. The van der Waals surface area contributed by atoms with Crippen LogP contribution in [0.25, 0.3) is 0 Å². The summed E-state index contributed by atoms with van der Waals surface area (Å²) in [7, 11) is 0. The molecule has 0 aliphatic carbocycles. The number of hydrogen-bond acceptors (Lipinski definition) is 7. The van der Waals surface area contributed by atoms with Crippen LogP contribution in [0.1, 0.15) is 37.4 Å². The van der Waals surface area contributed by atoms with E-state index in [2.05, 4.69) is 27.4 Å². The molecule has 27 heavy (non-hydrogen) atoms. The van der Waals surface area contributed by atoms with Crippen LogP contribution in [-0.4, -0.2) is 32.8 Å². The lowest BCUT2D eigenvalue weighted by Crippen LogP contribution is -2.25. The molecule has 0 fully saturated rings. The lowest BCUT2D eigenvalue weighted by molar-refractivity contribution is -0.305. The number of benzene rings is 1. The number of hydrogen-bond donors (Lipinski definition) is 2. The molecule has 0 atom stereocenters. The van der Waals surface area contributed by atoms with Crippen LogP contribution in [-0.2, 0) is 22.4 Å². The Morgan fingerprint density at radius 2 is 1.93 bits per heavy atom. The van der Waals surface area contributed by atoms with Crippen LogP contribution in [0.15, 0.2) is 34.2 Å². The Balaban J connectivity index is 1.83. The number of nitrogens with one attached hydrogen (secondary N) is 2. The van der Waals surface area contributed by atoms with Crippen LogP contribution in [0.5, 0.6) is 0 Å². The van der Waals surface area contributed by atoms with E-state index in [9.17, 15) is 19.5 Å². The summed E-state index contributed by atoms with van der Waals surface area (Å²) >= 11 is 1.04. The Morgan fingerprint density at radius 1 is 1.19 bits per heavy atom. The number of anilines is 1. The van der Waals surface area contributed by atoms with Gasteiger partial charge in [-0.1, -0.05) is 37.2 Å². The van der Waals surface area contributed by atoms with Gasteiger partial charge >= 0.3 is 0 Å². The summed E-state index contributed by atoms with van der Waals surface area (Å²) in [5.74, 6) is -1.43. The Bertz CT molecular complexity index is 836. The van der Waals surface area contributed by atoms with Gasteiger partial charge in [-0.3, -0.25) is 14.6 Å². The first-order chi connectivity index (χ1) is 13.0. The Kier molecular flexibility index (Phi) is 8.00. The second kappa shape index (κ2) is 10.5. The van der Waals surface area contributed by atoms with E-state index in [-0.39, 0.29) is 35.4 Å². The van der Waals surface area contributed by atoms with Crippen LogP contribution < -0.4 is 16.0 Å². The molecule has 1 heterocycles. The minimum Gasteiger partial charge on any atom is -0.550 e. The molecule has 1 aromatic carbocycles. The second-order valence-corrected chi connectivity index (χ2v) is 6.88. The smallest absolute Gasteiger partial charge is 0.273 e. The molecule has 1 amide bonds. The van der Waals surface area contributed by atoms with Gasteiger partial charge < -0.3 is 15.2 Å². The predicted octanol–water partition coefficient (Wildman–Crippen LogP) is 0.921.